The highest BCUT2D eigenvalue weighted by molar-refractivity contribution is 6.30. The summed E-state index contributed by atoms with van der Waals surface area (Å²) in [6, 6.07) is 10.7. The van der Waals surface area contributed by atoms with Gasteiger partial charge in [-0.1, -0.05) is 23.7 Å². The molecule has 24 heavy (non-hydrogen) atoms. The van der Waals surface area contributed by atoms with Crippen molar-refractivity contribution in [3.8, 4) is 0 Å². The van der Waals surface area contributed by atoms with Gasteiger partial charge in [0.15, 0.2) is 0 Å². The molecule has 0 aromatic heterocycles. The number of nitro groups is 1. The van der Waals surface area contributed by atoms with Gasteiger partial charge in [-0.05, 0) is 36.8 Å². The number of amides is 2. The lowest BCUT2D eigenvalue weighted by atomic mass is 10.1. The van der Waals surface area contributed by atoms with Gasteiger partial charge in [0.1, 0.15) is 0 Å². The van der Waals surface area contributed by atoms with Gasteiger partial charge >= 0.3 is 0 Å². The number of benzene rings is 2. The molecule has 7 nitrogen and oxygen atoms in total. The molecule has 0 saturated carbocycles. The average Bonchev–Trinajstić information content (AvgIpc) is 2.54. The zero-order valence-corrected chi connectivity index (χ0v) is 13.5. The number of hydrogen-bond donors (Lipinski definition) is 2. The molecule has 0 saturated heterocycles. The number of nitrogens with zero attached hydrogens (tertiary/aromatic N) is 1. The van der Waals surface area contributed by atoms with E-state index in [2.05, 4.69) is 10.9 Å². The molecule has 0 aliphatic heterocycles. The first-order valence-electron chi connectivity index (χ1n) is 6.95. The molecule has 0 unspecified atom stereocenters. The first-order valence-corrected chi connectivity index (χ1v) is 7.33. The lowest BCUT2D eigenvalue weighted by Crippen LogP contribution is -2.42. The van der Waals surface area contributed by atoms with Crippen LogP contribution in [0.1, 0.15) is 21.5 Å². The van der Waals surface area contributed by atoms with E-state index < -0.39 is 16.7 Å². The first-order chi connectivity index (χ1) is 11.4. The maximum absolute atomic E-state index is 12.0. The summed E-state index contributed by atoms with van der Waals surface area (Å²) in [5, 5.41) is 11.3. The molecule has 0 aliphatic carbocycles. The van der Waals surface area contributed by atoms with Crippen molar-refractivity contribution in [2.75, 3.05) is 0 Å². The predicted molar refractivity (Wildman–Crippen MR) is 88.6 cm³/mol. The summed E-state index contributed by atoms with van der Waals surface area (Å²) in [5.74, 6) is -0.957. The number of hydrazine groups is 1. The molecule has 124 valence electrons. The monoisotopic (exact) mass is 347 g/mol. The van der Waals surface area contributed by atoms with Crippen LogP contribution in [-0.2, 0) is 11.2 Å². The minimum Gasteiger partial charge on any atom is -0.273 e. The Morgan fingerprint density at radius 3 is 2.38 bits per heavy atom. The van der Waals surface area contributed by atoms with Crippen molar-refractivity contribution in [2.45, 2.75) is 13.3 Å². The Bertz CT molecular complexity index is 790. The van der Waals surface area contributed by atoms with E-state index in [9.17, 15) is 19.7 Å². The van der Waals surface area contributed by atoms with Gasteiger partial charge < -0.3 is 0 Å². The van der Waals surface area contributed by atoms with Crippen molar-refractivity contribution in [1.82, 2.24) is 10.9 Å². The topological polar surface area (TPSA) is 101 Å². The predicted octanol–water partition coefficient (Wildman–Crippen LogP) is 2.56. The molecular formula is C16H14ClN3O4. The summed E-state index contributed by atoms with van der Waals surface area (Å²) in [5.41, 5.74) is 5.82. The van der Waals surface area contributed by atoms with Gasteiger partial charge in [0, 0.05) is 22.2 Å². The number of halogens is 1. The highest BCUT2D eigenvalue weighted by Gasteiger charge is 2.14. The Kier molecular flexibility index (Phi) is 5.49. The molecule has 2 N–H and O–H groups in total. The quantitative estimate of drug-likeness (QED) is 0.655. The Morgan fingerprint density at radius 2 is 1.79 bits per heavy atom. The average molecular weight is 348 g/mol. The maximum atomic E-state index is 12.0. The highest BCUT2D eigenvalue weighted by Crippen LogP contribution is 2.18. The van der Waals surface area contributed by atoms with Gasteiger partial charge in [-0.25, -0.2) is 0 Å². The number of rotatable bonds is 4. The molecule has 2 aromatic carbocycles. The van der Waals surface area contributed by atoms with E-state index in [1.165, 1.54) is 25.1 Å². The van der Waals surface area contributed by atoms with Gasteiger partial charge in [-0.15, -0.1) is 0 Å². The van der Waals surface area contributed by atoms with Crippen LogP contribution in [0.25, 0.3) is 0 Å². The summed E-state index contributed by atoms with van der Waals surface area (Å²) < 4.78 is 0. The number of carbonyl (C=O) groups is 2. The third-order valence-electron chi connectivity index (χ3n) is 3.25. The molecule has 0 aliphatic rings. The zero-order chi connectivity index (χ0) is 17.7. The van der Waals surface area contributed by atoms with E-state index in [0.717, 1.165) is 5.56 Å². The minimum atomic E-state index is -0.558. The summed E-state index contributed by atoms with van der Waals surface area (Å²) in [6.45, 7) is 1.54. The Balaban J connectivity index is 1.92. The van der Waals surface area contributed by atoms with Crippen LogP contribution in [-0.4, -0.2) is 16.7 Å². The van der Waals surface area contributed by atoms with Gasteiger partial charge in [0.25, 0.3) is 11.6 Å². The number of hydrogen-bond acceptors (Lipinski definition) is 4. The van der Waals surface area contributed by atoms with Crippen molar-refractivity contribution >= 4 is 29.1 Å². The fourth-order valence-corrected chi connectivity index (χ4v) is 2.16. The van der Waals surface area contributed by atoms with E-state index >= 15 is 0 Å². The Hall–Kier alpha value is -2.93. The smallest absolute Gasteiger partial charge is 0.272 e. The SMILES string of the molecule is Cc1cc(C(=O)NNC(=O)Cc2ccc(Cl)cc2)ccc1[N+](=O)[O-]. The van der Waals surface area contributed by atoms with Crippen molar-refractivity contribution < 1.29 is 14.5 Å². The van der Waals surface area contributed by atoms with Crippen molar-refractivity contribution in [2.24, 2.45) is 0 Å². The highest BCUT2D eigenvalue weighted by atomic mass is 35.5. The largest absolute Gasteiger partial charge is 0.273 e. The third-order valence-corrected chi connectivity index (χ3v) is 3.50. The molecule has 2 aromatic rings. The van der Waals surface area contributed by atoms with Crippen LogP contribution < -0.4 is 10.9 Å². The van der Waals surface area contributed by atoms with E-state index in [0.29, 0.717) is 10.6 Å². The van der Waals surface area contributed by atoms with Crippen LogP contribution in [0.4, 0.5) is 5.69 Å². The normalized spacial score (nSPS) is 10.1. The molecule has 2 rings (SSSR count). The number of carbonyl (C=O) groups excluding carboxylic acids is 2. The maximum Gasteiger partial charge on any atom is 0.272 e. The van der Waals surface area contributed by atoms with Gasteiger partial charge in [-0.2, -0.15) is 0 Å². The van der Waals surface area contributed by atoms with Crippen LogP contribution in [0.5, 0.6) is 0 Å². The first kappa shape index (κ1) is 17.4. The molecule has 2 amide bonds. The van der Waals surface area contributed by atoms with Crippen LogP contribution in [0, 0.1) is 17.0 Å². The number of nitro benzene ring substituents is 1. The molecule has 0 atom stereocenters. The minimum absolute atomic E-state index is 0.0710. The van der Waals surface area contributed by atoms with Gasteiger partial charge in [0.2, 0.25) is 5.91 Å². The number of aryl methyl sites for hydroxylation is 1. The molecule has 0 bridgehead atoms. The fourth-order valence-electron chi connectivity index (χ4n) is 2.03. The third kappa shape index (κ3) is 4.53. The van der Waals surface area contributed by atoms with E-state index in [-0.39, 0.29) is 17.7 Å². The van der Waals surface area contributed by atoms with Crippen LogP contribution in [0.2, 0.25) is 5.02 Å². The molecular weight excluding hydrogens is 334 g/mol. The zero-order valence-electron chi connectivity index (χ0n) is 12.7. The second kappa shape index (κ2) is 7.56. The van der Waals surface area contributed by atoms with Gasteiger partial charge in [0.05, 0.1) is 11.3 Å². The molecule has 0 radical (unpaired) electrons. The summed E-state index contributed by atoms with van der Waals surface area (Å²) in [6.07, 6.45) is 0.0801. The van der Waals surface area contributed by atoms with Crippen LogP contribution >= 0.6 is 11.6 Å². The number of nitrogens with one attached hydrogen (secondary N) is 2. The summed E-state index contributed by atoms with van der Waals surface area (Å²) in [7, 11) is 0. The van der Waals surface area contributed by atoms with E-state index in [1.54, 1.807) is 24.3 Å². The fraction of sp³-hybridized carbons (Fsp3) is 0.125. The lowest BCUT2D eigenvalue weighted by molar-refractivity contribution is -0.385. The molecule has 0 fully saturated rings. The second-order valence-electron chi connectivity index (χ2n) is 5.06. The summed E-state index contributed by atoms with van der Waals surface area (Å²) >= 11 is 5.76. The van der Waals surface area contributed by atoms with Crippen molar-refractivity contribution in [3.05, 3.63) is 74.3 Å². The van der Waals surface area contributed by atoms with Crippen LogP contribution in [0.3, 0.4) is 0 Å². The van der Waals surface area contributed by atoms with Crippen LogP contribution in [0.15, 0.2) is 42.5 Å². The van der Waals surface area contributed by atoms with Crippen molar-refractivity contribution in [3.63, 3.8) is 0 Å². The van der Waals surface area contributed by atoms with E-state index in [4.69, 9.17) is 11.6 Å². The molecule has 0 spiro atoms. The van der Waals surface area contributed by atoms with E-state index in [1.807, 2.05) is 0 Å². The van der Waals surface area contributed by atoms with Crippen molar-refractivity contribution in [1.29, 1.82) is 0 Å². The lowest BCUT2D eigenvalue weighted by Gasteiger charge is -2.08. The van der Waals surface area contributed by atoms with Gasteiger partial charge in [-0.3, -0.25) is 30.6 Å². The molecule has 0 heterocycles. The standard InChI is InChI=1S/C16H14ClN3O4/c1-10-8-12(4-7-14(10)20(23)24)16(22)19-18-15(21)9-11-2-5-13(17)6-3-11/h2-8H,9H2,1H3,(H,18,21)(H,19,22). The Morgan fingerprint density at radius 1 is 1.12 bits per heavy atom. The Labute approximate surface area is 142 Å². The second-order valence-corrected chi connectivity index (χ2v) is 5.50. The molecule has 8 heteroatoms. The summed E-state index contributed by atoms with van der Waals surface area (Å²) in [4.78, 5) is 34.0.